The first-order valence-corrected chi connectivity index (χ1v) is 13.9. The standard InChI is InChI=1S/C24H35FN5O3Si/c1-8-9-12-32-22-28-20(26)18-21(29-22)30(23(27-18)31-5)14-15-10-11-16(17(25)13-15)19(24(2,3)4)33-34(6)7/h10-11,13,19H,8-9,12,14H2,1-7H3,(H2,26,28,29). The van der Waals surface area contributed by atoms with Crippen LogP contribution >= 0.6 is 0 Å². The lowest BCUT2D eigenvalue weighted by Gasteiger charge is -2.33. The second-order valence-corrected chi connectivity index (χ2v) is 11.6. The van der Waals surface area contributed by atoms with Gasteiger partial charge in [-0.3, -0.25) is 4.57 Å². The number of rotatable bonds is 10. The Morgan fingerprint density at radius 1 is 1.18 bits per heavy atom. The van der Waals surface area contributed by atoms with Crippen LogP contribution in [0.4, 0.5) is 10.2 Å². The maximum Gasteiger partial charge on any atom is 0.320 e. The summed E-state index contributed by atoms with van der Waals surface area (Å²) in [6.45, 7) is 13.1. The molecule has 185 valence electrons. The maximum absolute atomic E-state index is 15.3. The second-order valence-electron chi connectivity index (χ2n) is 9.58. The highest BCUT2D eigenvalue weighted by molar-refractivity contribution is 6.48. The van der Waals surface area contributed by atoms with Gasteiger partial charge in [-0.1, -0.05) is 46.2 Å². The van der Waals surface area contributed by atoms with Crippen molar-refractivity contribution in [3.8, 4) is 12.0 Å². The molecule has 34 heavy (non-hydrogen) atoms. The lowest BCUT2D eigenvalue weighted by Crippen LogP contribution is -2.26. The fourth-order valence-electron chi connectivity index (χ4n) is 3.66. The number of ether oxygens (including phenoxy) is 2. The third-order valence-electron chi connectivity index (χ3n) is 5.31. The first-order valence-electron chi connectivity index (χ1n) is 11.5. The molecular formula is C24H35FN5O3Si. The maximum atomic E-state index is 15.3. The second kappa shape index (κ2) is 10.7. The van der Waals surface area contributed by atoms with Gasteiger partial charge in [0.1, 0.15) is 5.82 Å². The van der Waals surface area contributed by atoms with Gasteiger partial charge >= 0.3 is 6.01 Å². The van der Waals surface area contributed by atoms with Crippen molar-refractivity contribution in [2.24, 2.45) is 5.41 Å². The molecule has 1 aromatic carbocycles. The smallest absolute Gasteiger partial charge is 0.320 e. The van der Waals surface area contributed by atoms with Gasteiger partial charge in [-0.2, -0.15) is 15.0 Å². The number of imidazole rings is 1. The SMILES string of the molecule is CCCCOc1nc(N)c2nc(OC)n(Cc3ccc(C(O[Si](C)C)C(C)(C)C)c(F)c3)c2n1. The zero-order chi connectivity index (χ0) is 25.0. The third-order valence-corrected chi connectivity index (χ3v) is 6.01. The number of halogens is 1. The van der Waals surface area contributed by atoms with E-state index in [1.54, 1.807) is 10.6 Å². The van der Waals surface area contributed by atoms with Crippen LogP contribution < -0.4 is 15.2 Å². The van der Waals surface area contributed by atoms with E-state index in [2.05, 4.69) is 55.7 Å². The molecule has 1 unspecified atom stereocenters. The highest BCUT2D eigenvalue weighted by Crippen LogP contribution is 2.38. The lowest BCUT2D eigenvalue weighted by molar-refractivity contribution is 0.0831. The van der Waals surface area contributed by atoms with Gasteiger partial charge in [0.15, 0.2) is 17.0 Å². The van der Waals surface area contributed by atoms with Crippen molar-refractivity contribution in [2.75, 3.05) is 19.5 Å². The number of fused-ring (bicyclic) bond motifs is 1. The summed E-state index contributed by atoms with van der Waals surface area (Å²) in [5, 5.41) is 0. The molecule has 0 aliphatic carbocycles. The quantitative estimate of drug-likeness (QED) is 0.312. The summed E-state index contributed by atoms with van der Waals surface area (Å²) in [6.07, 6.45) is 1.54. The summed E-state index contributed by atoms with van der Waals surface area (Å²) < 4.78 is 34.3. The average Bonchev–Trinajstić information content (AvgIpc) is 3.10. The van der Waals surface area contributed by atoms with Crippen LogP contribution in [0.2, 0.25) is 13.1 Å². The molecule has 8 nitrogen and oxygen atoms in total. The Morgan fingerprint density at radius 3 is 2.50 bits per heavy atom. The lowest BCUT2D eigenvalue weighted by atomic mass is 9.84. The first-order chi connectivity index (χ1) is 16.0. The summed E-state index contributed by atoms with van der Waals surface area (Å²) in [5.74, 6) is -0.0984. The normalized spacial score (nSPS) is 13.0. The van der Waals surface area contributed by atoms with Crippen molar-refractivity contribution >= 4 is 26.0 Å². The molecule has 2 heterocycles. The Labute approximate surface area is 202 Å². The van der Waals surface area contributed by atoms with E-state index < -0.39 is 9.04 Å². The third kappa shape index (κ3) is 5.85. The Morgan fingerprint density at radius 2 is 1.91 bits per heavy atom. The van der Waals surface area contributed by atoms with E-state index in [0.717, 1.165) is 18.4 Å². The predicted octanol–water partition coefficient (Wildman–Crippen LogP) is 5.14. The molecule has 2 N–H and O–H groups in total. The molecule has 1 radical (unpaired) electrons. The largest absolute Gasteiger partial charge is 0.468 e. The molecule has 0 bridgehead atoms. The summed E-state index contributed by atoms with van der Waals surface area (Å²) >= 11 is 0. The minimum Gasteiger partial charge on any atom is -0.468 e. The summed E-state index contributed by atoms with van der Waals surface area (Å²) in [4.78, 5) is 13.1. The molecule has 0 saturated heterocycles. The van der Waals surface area contributed by atoms with Crippen LogP contribution in [0.25, 0.3) is 11.2 Å². The summed E-state index contributed by atoms with van der Waals surface area (Å²) in [5.41, 5.74) is 8.05. The van der Waals surface area contributed by atoms with Gasteiger partial charge in [0.2, 0.25) is 9.04 Å². The summed E-state index contributed by atoms with van der Waals surface area (Å²) in [6, 6.07) is 5.73. The molecular weight excluding hydrogens is 453 g/mol. The average molecular weight is 489 g/mol. The van der Waals surface area contributed by atoms with Gasteiger partial charge in [0.05, 0.1) is 26.4 Å². The van der Waals surface area contributed by atoms with E-state index in [9.17, 15) is 0 Å². The predicted molar refractivity (Wildman–Crippen MR) is 133 cm³/mol. The van der Waals surface area contributed by atoms with E-state index in [0.29, 0.717) is 35.9 Å². The number of anilines is 1. The first kappa shape index (κ1) is 25.9. The van der Waals surface area contributed by atoms with Crippen molar-refractivity contribution in [2.45, 2.75) is 66.3 Å². The zero-order valence-electron chi connectivity index (χ0n) is 21.1. The van der Waals surface area contributed by atoms with E-state index in [1.807, 2.05) is 6.07 Å². The van der Waals surface area contributed by atoms with Crippen molar-refractivity contribution < 1.29 is 18.3 Å². The number of nitrogens with two attached hydrogens (primary N) is 1. The van der Waals surface area contributed by atoms with Crippen LogP contribution in [0.15, 0.2) is 18.2 Å². The van der Waals surface area contributed by atoms with Crippen molar-refractivity contribution in [3.05, 3.63) is 35.1 Å². The molecule has 0 aliphatic heterocycles. The molecule has 0 aliphatic rings. The minimum absolute atomic E-state index is 0.186. The van der Waals surface area contributed by atoms with Gasteiger partial charge in [-0.25, -0.2) is 4.39 Å². The Kier molecular flexibility index (Phi) is 8.14. The number of methoxy groups -OCH3 is 1. The van der Waals surface area contributed by atoms with Crippen molar-refractivity contribution in [1.82, 2.24) is 19.5 Å². The van der Waals surface area contributed by atoms with Gasteiger partial charge < -0.3 is 19.6 Å². The minimum atomic E-state index is -1.01. The Hall–Kier alpha value is -2.72. The molecule has 0 spiro atoms. The van der Waals surface area contributed by atoms with Gasteiger partial charge in [0.25, 0.3) is 6.01 Å². The van der Waals surface area contributed by atoms with Gasteiger partial charge in [-0.15, -0.1) is 0 Å². The number of benzene rings is 1. The number of hydrogen-bond acceptors (Lipinski definition) is 7. The zero-order valence-corrected chi connectivity index (χ0v) is 22.1. The number of aromatic nitrogens is 4. The molecule has 1 atom stereocenters. The van der Waals surface area contributed by atoms with Crippen LogP contribution in [-0.2, 0) is 11.0 Å². The molecule has 0 fully saturated rings. The number of nitrogens with zero attached hydrogens (tertiary/aromatic N) is 4. The topological polar surface area (TPSA) is 97.3 Å². The van der Waals surface area contributed by atoms with Gasteiger partial charge in [0, 0.05) is 5.56 Å². The highest BCUT2D eigenvalue weighted by atomic mass is 28.3. The fourth-order valence-corrected chi connectivity index (χ4v) is 4.61. The van der Waals surface area contributed by atoms with E-state index >= 15 is 4.39 Å². The number of hydrogen-bond donors (Lipinski definition) is 1. The van der Waals surface area contributed by atoms with Gasteiger partial charge in [-0.05, 0) is 36.6 Å². The Balaban J connectivity index is 1.97. The highest BCUT2D eigenvalue weighted by Gasteiger charge is 2.30. The van der Waals surface area contributed by atoms with Crippen LogP contribution in [0.5, 0.6) is 12.0 Å². The molecule has 3 aromatic rings. The van der Waals surface area contributed by atoms with Crippen molar-refractivity contribution in [1.29, 1.82) is 0 Å². The van der Waals surface area contributed by atoms with E-state index in [1.165, 1.54) is 13.2 Å². The number of nitrogen functional groups attached to an aromatic ring is 1. The Bertz CT molecular complexity index is 1130. The van der Waals surface area contributed by atoms with Crippen LogP contribution in [0.3, 0.4) is 0 Å². The molecule has 0 amide bonds. The molecule has 2 aromatic heterocycles. The molecule has 0 saturated carbocycles. The summed E-state index contributed by atoms with van der Waals surface area (Å²) in [7, 11) is 0.505. The van der Waals surface area contributed by atoms with Crippen molar-refractivity contribution in [3.63, 3.8) is 0 Å². The van der Waals surface area contributed by atoms with Crippen LogP contribution in [0.1, 0.15) is 57.8 Å². The van der Waals surface area contributed by atoms with Crippen LogP contribution in [0, 0.1) is 11.2 Å². The fraction of sp³-hybridized carbons (Fsp3) is 0.542. The van der Waals surface area contributed by atoms with Crippen LogP contribution in [-0.4, -0.2) is 42.3 Å². The van der Waals surface area contributed by atoms with E-state index in [4.69, 9.17) is 19.6 Å². The molecule has 10 heteroatoms. The monoisotopic (exact) mass is 488 g/mol. The van der Waals surface area contributed by atoms with E-state index in [-0.39, 0.29) is 29.2 Å². The number of unbranched alkanes of at least 4 members (excludes halogenated alkanes) is 1. The molecule has 3 rings (SSSR count).